The molecule has 0 radical (unpaired) electrons. The first-order valence-corrected chi connectivity index (χ1v) is 7.19. The summed E-state index contributed by atoms with van der Waals surface area (Å²) < 4.78 is 5.06. The van der Waals surface area contributed by atoms with E-state index in [0.29, 0.717) is 11.3 Å². The van der Waals surface area contributed by atoms with E-state index in [-0.39, 0.29) is 6.10 Å². The molecule has 1 aromatic carbocycles. The minimum absolute atomic E-state index is 0.0820. The van der Waals surface area contributed by atoms with Gasteiger partial charge in [-0.1, -0.05) is 38.7 Å². The lowest BCUT2D eigenvalue weighted by molar-refractivity contribution is -0.271. The highest BCUT2D eigenvalue weighted by atomic mass is 17.2. The maximum atomic E-state index is 11.8. The second-order valence-electron chi connectivity index (χ2n) is 4.86. The molecule has 4 heteroatoms. The zero-order valence-electron chi connectivity index (χ0n) is 12.6. The minimum atomic E-state index is -0.496. The number of carbonyl (C=O) groups excluding carboxylic acids is 1. The van der Waals surface area contributed by atoms with Gasteiger partial charge in [0.25, 0.3) is 0 Å². The highest BCUT2D eigenvalue weighted by Crippen LogP contribution is 2.14. The van der Waals surface area contributed by atoms with Crippen molar-refractivity contribution in [2.24, 2.45) is 0 Å². The molecular weight excluding hydrogens is 256 g/mol. The van der Waals surface area contributed by atoms with E-state index in [0.717, 1.165) is 12.8 Å². The SMILES string of the molecule is CCCCCCC(C)OOC(=O)c1cccc(OC)c1. The molecule has 0 aliphatic carbocycles. The molecule has 0 N–H and O–H groups in total. The van der Waals surface area contributed by atoms with Gasteiger partial charge in [-0.25, -0.2) is 4.79 Å². The van der Waals surface area contributed by atoms with Crippen molar-refractivity contribution in [3.63, 3.8) is 0 Å². The van der Waals surface area contributed by atoms with Gasteiger partial charge in [0.2, 0.25) is 0 Å². The summed E-state index contributed by atoms with van der Waals surface area (Å²) in [5, 5.41) is 0. The van der Waals surface area contributed by atoms with E-state index < -0.39 is 5.97 Å². The number of benzene rings is 1. The lowest BCUT2D eigenvalue weighted by Crippen LogP contribution is -2.13. The molecule has 0 bridgehead atoms. The van der Waals surface area contributed by atoms with Crippen LogP contribution in [0.2, 0.25) is 0 Å². The van der Waals surface area contributed by atoms with Gasteiger partial charge in [-0.15, -0.1) is 0 Å². The molecule has 1 unspecified atom stereocenters. The number of carbonyl (C=O) groups is 1. The van der Waals surface area contributed by atoms with Crippen molar-refractivity contribution >= 4 is 5.97 Å². The standard InChI is InChI=1S/C16H24O4/c1-4-5-6-7-9-13(2)19-20-16(17)14-10-8-11-15(12-14)18-3/h8,10-13H,4-7,9H2,1-3H3. The molecule has 0 fully saturated rings. The third-order valence-corrected chi connectivity index (χ3v) is 3.06. The van der Waals surface area contributed by atoms with Crippen LogP contribution < -0.4 is 4.74 Å². The van der Waals surface area contributed by atoms with Crippen molar-refractivity contribution in [3.8, 4) is 5.75 Å². The van der Waals surface area contributed by atoms with Crippen LogP contribution in [-0.4, -0.2) is 19.2 Å². The predicted octanol–water partition coefficient (Wildman–Crippen LogP) is 4.14. The molecule has 0 heterocycles. The summed E-state index contributed by atoms with van der Waals surface area (Å²) in [6.45, 7) is 4.08. The van der Waals surface area contributed by atoms with E-state index in [1.54, 1.807) is 31.4 Å². The Morgan fingerprint density at radius 1 is 1.25 bits per heavy atom. The van der Waals surface area contributed by atoms with Crippen molar-refractivity contribution in [2.45, 2.75) is 52.1 Å². The van der Waals surface area contributed by atoms with Gasteiger partial charge in [-0.2, -0.15) is 4.89 Å². The topological polar surface area (TPSA) is 44.8 Å². The number of methoxy groups -OCH3 is 1. The highest BCUT2D eigenvalue weighted by molar-refractivity contribution is 5.89. The molecular formula is C16H24O4. The second-order valence-corrected chi connectivity index (χ2v) is 4.86. The third-order valence-electron chi connectivity index (χ3n) is 3.06. The van der Waals surface area contributed by atoms with E-state index in [1.165, 1.54) is 19.3 Å². The van der Waals surface area contributed by atoms with Crippen LogP contribution in [0.25, 0.3) is 0 Å². The Kier molecular flexibility index (Phi) is 7.73. The largest absolute Gasteiger partial charge is 0.497 e. The summed E-state index contributed by atoms with van der Waals surface area (Å²) in [6, 6.07) is 6.80. The summed E-state index contributed by atoms with van der Waals surface area (Å²) in [4.78, 5) is 21.8. The fourth-order valence-electron chi connectivity index (χ4n) is 1.83. The van der Waals surface area contributed by atoms with Crippen molar-refractivity contribution in [2.75, 3.05) is 7.11 Å². The van der Waals surface area contributed by atoms with Crippen LogP contribution in [0, 0.1) is 0 Å². The molecule has 1 atom stereocenters. The van der Waals surface area contributed by atoms with Crippen LogP contribution in [0.4, 0.5) is 0 Å². The summed E-state index contributed by atoms with van der Waals surface area (Å²) in [6.07, 6.45) is 5.53. The fourth-order valence-corrected chi connectivity index (χ4v) is 1.83. The van der Waals surface area contributed by atoms with Gasteiger partial charge in [0.15, 0.2) is 0 Å². The molecule has 4 nitrogen and oxygen atoms in total. The van der Waals surface area contributed by atoms with E-state index in [1.807, 2.05) is 6.92 Å². The van der Waals surface area contributed by atoms with Crippen LogP contribution >= 0.6 is 0 Å². The molecule has 20 heavy (non-hydrogen) atoms. The van der Waals surface area contributed by atoms with Crippen LogP contribution in [0.1, 0.15) is 56.3 Å². The summed E-state index contributed by atoms with van der Waals surface area (Å²) in [5.74, 6) is 0.122. The van der Waals surface area contributed by atoms with Gasteiger partial charge >= 0.3 is 5.97 Å². The predicted molar refractivity (Wildman–Crippen MR) is 77.7 cm³/mol. The zero-order valence-corrected chi connectivity index (χ0v) is 12.6. The van der Waals surface area contributed by atoms with Crippen LogP contribution in [0.5, 0.6) is 5.75 Å². The lowest BCUT2D eigenvalue weighted by atomic mass is 10.1. The first kappa shape index (κ1) is 16.5. The number of unbranched alkanes of at least 4 members (excludes halogenated alkanes) is 3. The lowest BCUT2D eigenvalue weighted by Gasteiger charge is -2.11. The van der Waals surface area contributed by atoms with Crippen LogP contribution in [0.15, 0.2) is 24.3 Å². The second kappa shape index (κ2) is 9.37. The number of rotatable bonds is 9. The van der Waals surface area contributed by atoms with Crippen molar-refractivity contribution < 1.29 is 19.3 Å². The molecule has 0 spiro atoms. The summed E-state index contributed by atoms with van der Waals surface area (Å²) in [7, 11) is 1.55. The normalized spacial score (nSPS) is 11.9. The monoisotopic (exact) mass is 280 g/mol. The summed E-state index contributed by atoms with van der Waals surface area (Å²) >= 11 is 0. The van der Waals surface area contributed by atoms with Gasteiger partial charge < -0.3 is 4.74 Å². The van der Waals surface area contributed by atoms with Gasteiger partial charge in [0, 0.05) is 0 Å². The van der Waals surface area contributed by atoms with Crippen LogP contribution in [-0.2, 0) is 9.78 Å². The number of hydrogen-bond donors (Lipinski definition) is 0. The smallest absolute Gasteiger partial charge is 0.373 e. The molecule has 0 amide bonds. The number of hydrogen-bond acceptors (Lipinski definition) is 4. The Morgan fingerprint density at radius 3 is 2.75 bits per heavy atom. The molecule has 0 saturated carbocycles. The third kappa shape index (κ3) is 6.06. The van der Waals surface area contributed by atoms with Gasteiger partial charge in [0.1, 0.15) is 11.9 Å². The van der Waals surface area contributed by atoms with E-state index in [9.17, 15) is 4.79 Å². The maximum absolute atomic E-state index is 11.8. The Labute approximate surface area is 121 Å². The molecule has 1 rings (SSSR count). The van der Waals surface area contributed by atoms with Crippen LogP contribution in [0.3, 0.4) is 0 Å². The molecule has 0 saturated heterocycles. The zero-order chi connectivity index (χ0) is 14.8. The molecule has 0 aromatic heterocycles. The first-order chi connectivity index (χ1) is 9.67. The molecule has 0 aliphatic heterocycles. The minimum Gasteiger partial charge on any atom is -0.497 e. The highest BCUT2D eigenvalue weighted by Gasteiger charge is 2.12. The molecule has 112 valence electrons. The number of ether oxygens (including phenoxy) is 1. The quantitative estimate of drug-likeness (QED) is 0.387. The Bertz CT molecular complexity index is 403. The maximum Gasteiger partial charge on any atom is 0.373 e. The Balaban J connectivity index is 2.31. The van der Waals surface area contributed by atoms with Crippen molar-refractivity contribution in [1.29, 1.82) is 0 Å². The van der Waals surface area contributed by atoms with E-state index >= 15 is 0 Å². The molecule has 1 aromatic rings. The van der Waals surface area contributed by atoms with E-state index in [2.05, 4.69) is 6.92 Å². The van der Waals surface area contributed by atoms with Crippen molar-refractivity contribution in [1.82, 2.24) is 0 Å². The van der Waals surface area contributed by atoms with Gasteiger partial charge in [-0.3, -0.25) is 4.89 Å². The Morgan fingerprint density at radius 2 is 2.05 bits per heavy atom. The van der Waals surface area contributed by atoms with Crippen molar-refractivity contribution in [3.05, 3.63) is 29.8 Å². The average Bonchev–Trinajstić information content (AvgIpc) is 2.49. The first-order valence-electron chi connectivity index (χ1n) is 7.19. The molecule has 0 aliphatic rings. The Hall–Kier alpha value is -1.55. The fraction of sp³-hybridized carbons (Fsp3) is 0.562. The average molecular weight is 280 g/mol. The van der Waals surface area contributed by atoms with E-state index in [4.69, 9.17) is 14.5 Å². The summed E-state index contributed by atoms with van der Waals surface area (Å²) in [5.41, 5.74) is 0.419. The van der Waals surface area contributed by atoms with Gasteiger partial charge in [-0.05, 0) is 31.5 Å². The van der Waals surface area contributed by atoms with Gasteiger partial charge in [0.05, 0.1) is 12.7 Å².